The van der Waals surface area contributed by atoms with E-state index in [2.05, 4.69) is 49.4 Å². The monoisotopic (exact) mass is 715 g/mol. The summed E-state index contributed by atoms with van der Waals surface area (Å²) in [6, 6.07) is 32.9. The molecule has 0 radical (unpaired) electrons. The smallest absolute Gasteiger partial charge is 0.245 e. The SMILES string of the molecule is CCCN(Cc1nc2ccc(-c3ccc(-c4cnc([C@@H]5CCCN5C(=O)Cc5ccccc5)[nH]4)cc3)cc2[nH]1)C(=O)[C@H](NSOO)c1ccccc1. The van der Waals surface area contributed by atoms with E-state index in [0.717, 1.165) is 76.2 Å². The number of fused-ring (bicyclic) bond motifs is 1. The number of hydrogen-bond acceptors (Lipinski definition) is 8. The number of carbonyl (C=O) groups is 2. The third-order valence-corrected chi connectivity index (χ3v) is 9.88. The van der Waals surface area contributed by atoms with E-state index in [-0.39, 0.29) is 17.9 Å². The first-order chi connectivity index (χ1) is 25.5. The van der Waals surface area contributed by atoms with Crippen molar-refractivity contribution in [2.24, 2.45) is 0 Å². The summed E-state index contributed by atoms with van der Waals surface area (Å²) in [6.45, 7) is 3.60. The molecule has 6 aromatic rings. The van der Waals surface area contributed by atoms with E-state index in [0.29, 0.717) is 37.6 Å². The van der Waals surface area contributed by atoms with Gasteiger partial charge in [0.2, 0.25) is 11.8 Å². The van der Waals surface area contributed by atoms with E-state index < -0.39 is 6.04 Å². The Bertz CT molecular complexity index is 2100. The first kappa shape index (κ1) is 35.1. The Morgan fingerprint density at radius 2 is 1.71 bits per heavy atom. The highest BCUT2D eigenvalue weighted by atomic mass is 32.2. The molecule has 2 amide bonds. The van der Waals surface area contributed by atoms with Gasteiger partial charge in [-0.1, -0.05) is 97.9 Å². The van der Waals surface area contributed by atoms with Crippen LogP contribution in [-0.2, 0) is 26.9 Å². The molecule has 7 rings (SSSR count). The summed E-state index contributed by atoms with van der Waals surface area (Å²) in [4.78, 5) is 47.1. The number of amides is 2. The zero-order chi connectivity index (χ0) is 35.9. The highest BCUT2D eigenvalue weighted by Gasteiger charge is 2.32. The van der Waals surface area contributed by atoms with Gasteiger partial charge in [0, 0.05) is 13.1 Å². The molecule has 2 aromatic heterocycles. The number of aromatic nitrogens is 4. The van der Waals surface area contributed by atoms with Crippen LogP contribution in [0.3, 0.4) is 0 Å². The fourth-order valence-electron chi connectivity index (χ4n) is 6.91. The van der Waals surface area contributed by atoms with Gasteiger partial charge in [0.25, 0.3) is 0 Å². The second-order valence-electron chi connectivity index (χ2n) is 13.0. The van der Waals surface area contributed by atoms with Gasteiger partial charge in [-0.15, -0.1) is 4.33 Å². The highest BCUT2D eigenvalue weighted by molar-refractivity contribution is 7.92. The van der Waals surface area contributed by atoms with Gasteiger partial charge >= 0.3 is 0 Å². The molecule has 52 heavy (non-hydrogen) atoms. The van der Waals surface area contributed by atoms with Crippen molar-refractivity contribution in [1.29, 1.82) is 0 Å². The number of nitrogens with one attached hydrogen (secondary N) is 3. The second-order valence-corrected chi connectivity index (χ2v) is 13.5. The lowest BCUT2D eigenvalue weighted by molar-refractivity contribution is -0.134. The minimum atomic E-state index is -0.719. The zero-order valence-electron chi connectivity index (χ0n) is 28.9. The van der Waals surface area contributed by atoms with Crippen LogP contribution in [0, 0.1) is 0 Å². The fourth-order valence-corrected chi connectivity index (χ4v) is 7.29. The maximum atomic E-state index is 13.7. The van der Waals surface area contributed by atoms with Gasteiger partial charge in [-0.25, -0.2) is 19.9 Å². The van der Waals surface area contributed by atoms with E-state index in [9.17, 15) is 9.59 Å². The molecule has 1 saturated heterocycles. The Morgan fingerprint density at radius 3 is 2.46 bits per heavy atom. The molecule has 1 fully saturated rings. The van der Waals surface area contributed by atoms with E-state index in [4.69, 9.17) is 15.2 Å². The molecule has 0 spiro atoms. The molecule has 1 aliphatic heterocycles. The number of benzene rings is 4. The van der Waals surface area contributed by atoms with Crippen LogP contribution in [0.5, 0.6) is 0 Å². The molecule has 1 aliphatic rings. The van der Waals surface area contributed by atoms with Crippen molar-refractivity contribution in [2.45, 2.75) is 51.2 Å². The Hall–Kier alpha value is -5.27. The van der Waals surface area contributed by atoms with Gasteiger partial charge in [-0.3, -0.25) is 9.59 Å². The van der Waals surface area contributed by atoms with Gasteiger partial charge in [0.15, 0.2) is 0 Å². The lowest BCUT2D eigenvalue weighted by Crippen LogP contribution is -2.39. The molecular formula is C40H41N7O4S. The van der Waals surface area contributed by atoms with Crippen molar-refractivity contribution in [3.8, 4) is 22.4 Å². The molecule has 0 unspecified atom stereocenters. The maximum Gasteiger partial charge on any atom is 0.245 e. The third-order valence-electron chi connectivity index (χ3n) is 9.47. The lowest BCUT2D eigenvalue weighted by Gasteiger charge is -2.26. The Morgan fingerprint density at radius 1 is 0.981 bits per heavy atom. The van der Waals surface area contributed by atoms with Crippen molar-refractivity contribution in [3.05, 3.63) is 132 Å². The number of aromatic amines is 2. The van der Waals surface area contributed by atoms with Gasteiger partial charge < -0.3 is 19.8 Å². The molecule has 0 saturated carbocycles. The number of rotatable bonds is 14. The van der Waals surface area contributed by atoms with E-state index in [1.54, 1.807) is 4.90 Å². The summed E-state index contributed by atoms with van der Waals surface area (Å²) in [6.07, 6.45) is 4.86. The quantitative estimate of drug-likeness (QED) is 0.0391. The third kappa shape index (κ3) is 7.95. The molecular weight excluding hydrogens is 675 g/mol. The molecule has 4 N–H and O–H groups in total. The van der Waals surface area contributed by atoms with Crippen LogP contribution < -0.4 is 4.72 Å². The molecule has 4 aromatic carbocycles. The number of nitrogens with zero attached hydrogens (tertiary/aromatic N) is 4. The number of likely N-dealkylation sites (tertiary alicyclic amines) is 1. The first-order valence-electron chi connectivity index (χ1n) is 17.5. The van der Waals surface area contributed by atoms with Gasteiger partial charge in [0.1, 0.15) is 29.9 Å². The number of imidazole rings is 2. The molecule has 0 aliphatic carbocycles. The highest BCUT2D eigenvalue weighted by Crippen LogP contribution is 2.33. The van der Waals surface area contributed by atoms with Crippen molar-refractivity contribution in [2.75, 3.05) is 13.1 Å². The Kier molecular flexibility index (Phi) is 11.1. The van der Waals surface area contributed by atoms with E-state index in [1.165, 1.54) is 0 Å². The summed E-state index contributed by atoms with van der Waals surface area (Å²) >= 11 is 0.608. The van der Waals surface area contributed by atoms with Crippen LogP contribution in [0.15, 0.2) is 109 Å². The van der Waals surface area contributed by atoms with Crippen LogP contribution in [0.1, 0.15) is 61.0 Å². The Labute approximate surface area is 306 Å². The van der Waals surface area contributed by atoms with Gasteiger partial charge in [-0.2, -0.15) is 0 Å². The lowest BCUT2D eigenvalue weighted by atomic mass is 10.0. The molecule has 3 heterocycles. The number of hydrogen-bond donors (Lipinski definition) is 4. The normalized spacial score (nSPS) is 14.9. The fraction of sp³-hybridized carbons (Fsp3) is 0.250. The van der Waals surface area contributed by atoms with Crippen LogP contribution >= 0.6 is 12.2 Å². The average molecular weight is 716 g/mol. The molecule has 2 atom stereocenters. The van der Waals surface area contributed by atoms with Gasteiger partial charge in [-0.05, 0) is 59.2 Å². The second kappa shape index (κ2) is 16.4. The van der Waals surface area contributed by atoms with Crippen molar-refractivity contribution in [1.82, 2.24) is 34.5 Å². The van der Waals surface area contributed by atoms with Crippen LogP contribution in [0.4, 0.5) is 0 Å². The van der Waals surface area contributed by atoms with E-state index >= 15 is 0 Å². The topological polar surface area (TPSA) is 139 Å². The summed E-state index contributed by atoms with van der Waals surface area (Å²) in [5.41, 5.74) is 7.49. The predicted molar refractivity (Wildman–Crippen MR) is 202 cm³/mol. The van der Waals surface area contributed by atoms with Crippen LogP contribution in [0.2, 0.25) is 0 Å². The Balaban J connectivity index is 1.03. The number of H-pyrrole nitrogens is 2. The summed E-state index contributed by atoms with van der Waals surface area (Å²) in [5, 5.41) is 8.91. The minimum Gasteiger partial charge on any atom is -0.340 e. The van der Waals surface area contributed by atoms with Crippen LogP contribution in [-0.4, -0.2) is 59.9 Å². The predicted octanol–water partition coefficient (Wildman–Crippen LogP) is 7.65. The zero-order valence-corrected chi connectivity index (χ0v) is 29.7. The van der Waals surface area contributed by atoms with Crippen molar-refractivity contribution in [3.63, 3.8) is 0 Å². The summed E-state index contributed by atoms with van der Waals surface area (Å²) < 4.78 is 7.07. The molecule has 11 nitrogen and oxygen atoms in total. The maximum absolute atomic E-state index is 13.7. The number of carbonyl (C=O) groups excluding carboxylic acids is 2. The molecule has 266 valence electrons. The minimum absolute atomic E-state index is 0.0516. The standard InChI is InChI=1S/C40H41N7O4S/c1-2-21-46(40(49)38(45-52-51-50)30-12-7-4-8-13-30)26-36-42-32-20-19-31(24-33(32)43-36)28-15-17-29(18-16-28)34-25-41-39(44-34)35-14-9-22-47(35)37(48)23-27-10-5-3-6-11-27/h3-8,10-13,15-20,24-25,35,38,45,50H,2,9,14,21-23,26H2,1H3,(H,41,44)(H,42,43)/t35-,38+/m0/s1. The average Bonchev–Trinajstić information content (AvgIpc) is 3.95. The van der Waals surface area contributed by atoms with Crippen molar-refractivity contribution < 1.29 is 19.2 Å². The molecule has 0 bridgehead atoms. The molecule has 12 heteroatoms. The summed E-state index contributed by atoms with van der Waals surface area (Å²) in [7, 11) is 0. The van der Waals surface area contributed by atoms with Crippen LogP contribution in [0.25, 0.3) is 33.4 Å². The van der Waals surface area contributed by atoms with Gasteiger partial charge in [0.05, 0.1) is 41.9 Å². The largest absolute Gasteiger partial charge is 0.340 e. The first-order valence-corrected chi connectivity index (χ1v) is 18.3. The van der Waals surface area contributed by atoms with E-state index in [1.807, 2.05) is 90.8 Å². The summed E-state index contributed by atoms with van der Waals surface area (Å²) in [5.74, 6) is 1.48. The van der Waals surface area contributed by atoms with Crippen molar-refractivity contribution >= 4 is 35.1 Å².